The van der Waals surface area contributed by atoms with Gasteiger partial charge in [0.05, 0.1) is 22.6 Å². The molecule has 2 amide bonds. The molecule has 2 heterocycles. The normalized spacial score (nSPS) is 11.4. The Kier molecular flexibility index (Phi) is 6.82. The standard InChI is InChI=1S/C23H18F3N5O2S/c24-23(25,26)16-10-11-19-29-30-22(31(19)13-16)34-14-20(32)28-18-9-5-4-8-17(18)21(33)27-12-15-6-2-1-3-7-15/h1-11,13H,12,14H2,(H,27,33)(H,28,32). The van der Waals surface area contributed by atoms with Gasteiger partial charge in [-0.1, -0.05) is 54.2 Å². The van der Waals surface area contributed by atoms with Crippen LogP contribution in [0.3, 0.4) is 0 Å². The lowest BCUT2D eigenvalue weighted by Gasteiger charge is -2.11. The van der Waals surface area contributed by atoms with Crippen molar-refractivity contribution in [2.45, 2.75) is 17.9 Å². The summed E-state index contributed by atoms with van der Waals surface area (Å²) in [7, 11) is 0. The first-order valence-corrected chi connectivity index (χ1v) is 11.1. The fraction of sp³-hybridized carbons (Fsp3) is 0.130. The van der Waals surface area contributed by atoms with Gasteiger partial charge in [-0.25, -0.2) is 0 Å². The van der Waals surface area contributed by atoms with Crippen LogP contribution < -0.4 is 10.6 Å². The van der Waals surface area contributed by atoms with Crippen molar-refractivity contribution >= 4 is 34.9 Å². The van der Waals surface area contributed by atoms with Crippen molar-refractivity contribution in [1.82, 2.24) is 19.9 Å². The van der Waals surface area contributed by atoms with Crippen molar-refractivity contribution in [1.29, 1.82) is 0 Å². The van der Waals surface area contributed by atoms with Crippen LogP contribution in [0.2, 0.25) is 0 Å². The van der Waals surface area contributed by atoms with Gasteiger partial charge in [-0.15, -0.1) is 10.2 Å². The zero-order chi connectivity index (χ0) is 24.1. The van der Waals surface area contributed by atoms with E-state index in [1.165, 1.54) is 10.5 Å². The van der Waals surface area contributed by atoms with E-state index in [2.05, 4.69) is 20.8 Å². The number of hydrogen-bond acceptors (Lipinski definition) is 5. The van der Waals surface area contributed by atoms with E-state index in [9.17, 15) is 22.8 Å². The Morgan fingerprint density at radius 3 is 2.44 bits per heavy atom. The number of amides is 2. The minimum atomic E-state index is -4.51. The number of carbonyl (C=O) groups excluding carboxylic acids is 2. The SMILES string of the molecule is O=C(CSc1nnc2ccc(C(F)(F)F)cn12)Nc1ccccc1C(=O)NCc1ccccc1. The molecule has 0 bridgehead atoms. The molecule has 0 radical (unpaired) electrons. The third-order valence-corrected chi connectivity index (χ3v) is 5.72. The Hall–Kier alpha value is -3.86. The van der Waals surface area contributed by atoms with Gasteiger partial charge in [0.25, 0.3) is 5.91 Å². The van der Waals surface area contributed by atoms with Gasteiger partial charge in [0, 0.05) is 12.7 Å². The van der Waals surface area contributed by atoms with Gasteiger partial charge in [0.2, 0.25) is 5.91 Å². The highest BCUT2D eigenvalue weighted by atomic mass is 32.2. The minimum Gasteiger partial charge on any atom is -0.348 e. The Balaban J connectivity index is 1.41. The molecule has 0 aliphatic heterocycles. The molecule has 0 fully saturated rings. The van der Waals surface area contributed by atoms with Crippen LogP contribution in [0.25, 0.3) is 5.65 Å². The quantitative estimate of drug-likeness (QED) is 0.379. The minimum absolute atomic E-state index is 0.142. The molecule has 7 nitrogen and oxygen atoms in total. The lowest BCUT2D eigenvalue weighted by Crippen LogP contribution is -2.25. The molecular weight excluding hydrogens is 467 g/mol. The Morgan fingerprint density at radius 2 is 1.68 bits per heavy atom. The van der Waals surface area contributed by atoms with Crippen LogP contribution in [0.5, 0.6) is 0 Å². The van der Waals surface area contributed by atoms with Crippen molar-refractivity contribution in [3.05, 3.63) is 89.6 Å². The highest BCUT2D eigenvalue weighted by molar-refractivity contribution is 7.99. The van der Waals surface area contributed by atoms with Crippen molar-refractivity contribution < 1.29 is 22.8 Å². The highest BCUT2D eigenvalue weighted by Gasteiger charge is 2.31. The molecule has 11 heteroatoms. The van der Waals surface area contributed by atoms with Crippen molar-refractivity contribution in [3.63, 3.8) is 0 Å². The number of aromatic nitrogens is 3. The molecule has 4 aromatic rings. The zero-order valence-corrected chi connectivity index (χ0v) is 18.4. The third-order valence-electron chi connectivity index (χ3n) is 4.77. The summed E-state index contributed by atoms with van der Waals surface area (Å²) in [4.78, 5) is 25.2. The number of fused-ring (bicyclic) bond motifs is 1. The number of carbonyl (C=O) groups is 2. The fourth-order valence-electron chi connectivity index (χ4n) is 3.12. The van der Waals surface area contributed by atoms with Crippen molar-refractivity contribution in [2.75, 3.05) is 11.1 Å². The number of para-hydroxylation sites is 1. The monoisotopic (exact) mass is 485 g/mol. The second-order valence-corrected chi connectivity index (χ2v) is 8.12. The number of thioether (sulfide) groups is 1. The Morgan fingerprint density at radius 1 is 0.941 bits per heavy atom. The van der Waals surface area contributed by atoms with Gasteiger partial charge < -0.3 is 10.6 Å². The van der Waals surface area contributed by atoms with Crippen LogP contribution in [0.1, 0.15) is 21.5 Å². The maximum atomic E-state index is 13.0. The van der Waals surface area contributed by atoms with Crippen molar-refractivity contribution in [2.24, 2.45) is 0 Å². The van der Waals surface area contributed by atoms with Gasteiger partial charge in [-0.2, -0.15) is 13.2 Å². The van der Waals surface area contributed by atoms with Gasteiger partial charge in [0.1, 0.15) is 0 Å². The molecule has 0 aliphatic rings. The summed E-state index contributed by atoms with van der Waals surface area (Å²) in [5, 5.41) is 13.3. The maximum absolute atomic E-state index is 13.0. The smallest absolute Gasteiger partial charge is 0.348 e. The van der Waals surface area contributed by atoms with E-state index in [1.807, 2.05) is 30.3 Å². The van der Waals surface area contributed by atoms with Gasteiger partial charge >= 0.3 is 6.18 Å². The molecule has 4 rings (SSSR count). The summed E-state index contributed by atoms with van der Waals surface area (Å²) in [5.74, 6) is -0.940. The molecule has 174 valence electrons. The number of pyridine rings is 1. The summed E-state index contributed by atoms with van der Waals surface area (Å²) >= 11 is 0.934. The van der Waals surface area contributed by atoms with E-state index in [0.717, 1.165) is 29.6 Å². The molecule has 0 spiro atoms. The second kappa shape index (κ2) is 9.96. The number of nitrogens with one attached hydrogen (secondary N) is 2. The van der Waals surface area contributed by atoms with E-state index in [4.69, 9.17) is 0 Å². The van der Waals surface area contributed by atoms with Crippen LogP contribution in [-0.2, 0) is 17.5 Å². The number of nitrogens with zero attached hydrogens (tertiary/aromatic N) is 3. The van der Waals surface area contributed by atoms with Crippen LogP contribution in [0.4, 0.5) is 18.9 Å². The van der Waals surface area contributed by atoms with Crippen LogP contribution in [0.15, 0.2) is 78.1 Å². The number of alkyl halides is 3. The molecule has 34 heavy (non-hydrogen) atoms. The average molecular weight is 485 g/mol. The average Bonchev–Trinajstić information content (AvgIpc) is 3.24. The fourth-order valence-corrected chi connectivity index (χ4v) is 3.83. The summed E-state index contributed by atoms with van der Waals surface area (Å²) in [6.07, 6.45) is -3.62. The molecule has 0 atom stereocenters. The summed E-state index contributed by atoms with van der Waals surface area (Å²) in [6, 6.07) is 18.1. The summed E-state index contributed by atoms with van der Waals surface area (Å²) in [6.45, 7) is 0.331. The maximum Gasteiger partial charge on any atom is 0.417 e. The second-order valence-electron chi connectivity index (χ2n) is 7.18. The molecule has 2 aromatic carbocycles. The molecule has 2 N–H and O–H groups in total. The largest absolute Gasteiger partial charge is 0.417 e. The van der Waals surface area contributed by atoms with Gasteiger partial charge in [-0.3, -0.25) is 14.0 Å². The lowest BCUT2D eigenvalue weighted by atomic mass is 10.1. The van der Waals surface area contributed by atoms with Gasteiger partial charge in [0.15, 0.2) is 10.8 Å². The summed E-state index contributed by atoms with van der Waals surface area (Å²) in [5.41, 5.74) is 0.935. The first kappa shape index (κ1) is 23.3. The zero-order valence-electron chi connectivity index (χ0n) is 17.5. The van der Waals surface area contributed by atoms with E-state index < -0.39 is 17.6 Å². The van der Waals surface area contributed by atoms with E-state index >= 15 is 0 Å². The number of hydrogen-bond donors (Lipinski definition) is 2. The number of rotatable bonds is 7. The van der Waals surface area contributed by atoms with Gasteiger partial charge in [-0.05, 0) is 29.8 Å². The summed E-state index contributed by atoms with van der Waals surface area (Å²) < 4.78 is 40.2. The Labute approximate surface area is 196 Å². The number of anilines is 1. The first-order valence-electron chi connectivity index (χ1n) is 10.1. The Bertz CT molecular complexity index is 1330. The predicted molar refractivity (Wildman–Crippen MR) is 121 cm³/mol. The van der Waals surface area contributed by atoms with Crippen LogP contribution in [-0.4, -0.2) is 32.2 Å². The first-order chi connectivity index (χ1) is 16.3. The molecule has 0 aliphatic carbocycles. The topological polar surface area (TPSA) is 88.4 Å². The molecular formula is C23H18F3N5O2S. The van der Waals surface area contributed by atoms with Crippen LogP contribution in [0, 0.1) is 0 Å². The third kappa shape index (κ3) is 5.54. The molecule has 0 unspecified atom stereocenters. The lowest BCUT2D eigenvalue weighted by molar-refractivity contribution is -0.137. The number of benzene rings is 2. The molecule has 0 saturated heterocycles. The molecule has 2 aromatic heterocycles. The predicted octanol–water partition coefficient (Wildman–Crippen LogP) is 4.41. The number of halogens is 3. The van der Waals surface area contributed by atoms with E-state index in [-0.39, 0.29) is 22.5 Å². The van der Waals surface area contributed by atoms with E-state index in [0.29, 0.717) is 17.8 Å². The highest BCUT2D eigenvalue weighted by Crippen LogP contribution is 2.30. The van der Waals surface area contributed by atoms with Crippen molar-refractivity contribution in [3.8, 4) is 0 Å². The molecule has 0 saturated carbocycles. The van der Waals surface area contributed by atoms with Crippen LogP contribution >= 0.6 is 11.8 Å². The van der Waals surface area contributed by atoms with E-state index in [1.54, 1.807) is 24.3 Å².